The third-order valence-corrected chi connectivity index (χ3v) is 9.34. The van der Waals surface area contributed by atoms with Crippen LogP contribution in [-0.2, 0) is 20.9 Å². The molecule has 1 aliphatic rings. The number of nitrogens with zero attached hydrogens (tertiary/aromatic N) is 2. The summed E-state index contributed by atoms with van der Waals surface area (Å²) in [5.41, 5.74) is 5.27. The Morgan fingerprint density at radius 3 is 2.18 bits per heavy atom. The molecule has 8 nitrogen and oxygen atoms in total. The summed E-state index contributed by atoms with van der Waals surface area (Å²) in [6, 6.07) is 31.4. The minimum Gasteiger partial charge on any atom is -0.488 e. The maximum absolute atomic E-state index is 14.4. The first-order chi connectivity index (χ1) is 24.3. The van der Waals surface area contributed by atoms with Gasteiger partial charge in [0.15, 0.2) is 4.80 Å². The number of aromatic nitrogens is 1. The van der Waals surface area contributed by atoms with Gasteiger partial charge < -0.3 is 14.2 Å². The van der Waals surface area contributed by atoms with Gasteiger partial charge in [-0.1, -0.05) is 110 Å². The van der Waals surface area contributed by atoms with E-state index in [1.165, 1.54) is 11.3 Å². The number of thiazole rings is 1. The molecule has 254 valence electrons. The minimum atomic E-state index is -0.757. The van der Waals surface area contributed by atoms with Gasteiger partial charge in [-0.15, -0.1) is 0 Å². The normalized spacial score (nSPS) is 14.3. The number of ether oxygens (including phenoxy) is 3. The van der Waals surface area contributed by atoms with Crippen molar-refractivity contribution in [1.29, 1.82) is 0 Å². The molecular formula is C41H38N2O6S. The molecule has 0 fully saturated rings. The summed E-state index contributed by atoms with van der Waals surface area (Å²) < 4.78 is 18.9. The van der Waals surface area contributed by atoms with E-state index in [0.29, 0.717) is 50.0 Å². The van der Waals surface area contributed by atoms with Gasteiger partial charge in [0.1, 0.15) is 12.4 Å². The van der Waals surface area contributed by atoms with Gasteiger partial charge in [-0.3, -0.25) is 9.36 Å². The molecule has 1 atom stereocenters. The number of hydrogen-bond acceptors (Lipinski definition) is 8. The van der Waals surface area contributed by atoms with Crippen molar-refractivity contribution >= 4 is 35.0 Å². The van der Waals surface area contributed by atoms with E-state index in [4.69, 9.17) is 19.2 Å². The molecule has 0 spiro atoms. The summed E-state index contributed by atoms with van der Waals surface area (Å²) in [7, 11) is 0. The standard InChI is InChI=1S/C41H38N2O6S/c1-5-47-39(45)31-18-16-27(17-19-31)25-49-33-15-11-10-14-32(33)24-34-38(44)43-37(30-22-20-28(21-23-30)26(3)4)35(40(46)48-6-2)36(42-41(43)50-34)29-12-8-7-9-13-29/h7-24,26,37H,5-6,25H2,1-4H3/b34-24-/t37-/m0/s1. The fourth-order valence-electron chi connectivity index (χ4n) is 5.80. The molecule has 50 heavy (non-hydrogen) atoms. The van der Waals surface area contributed by atoms with Crippen LogP contribution in [0.5, 0.6) is 5.75 Å². The predicted molar refractivity (Wildman–Crippen MR) is 195 cm³/mol. The molecular weight excluding hydrogens is 649 g/mol. The molecule has 0 N–H and O–H groups in total. The zero-order valence-corrected chi connectivity index (χ0v) is 29.2. The van der Waals surface area contributed by atoms with Crippen molar-refractivity contribution < 1.29 is 23.8 Å². The van der Waals surface area contributed by atoms with Gasteiger partial charge in [0, 0.05) is 11.1 Å². The van der Waals surface area contributed by atoms with Crippen LogP contribution in [0.15, 0.2) is 118 Å². The number of fused-ring (bicyclic) bond motifs is 1. The Kier molecular flexibility index (Phi) is 10.5. The number of carbonyl (C=O) groups excluding carboxylic acids is 2. The van der Waals surface area contributed by atoms with E-state index >= 15 is 0 Å². The zero-order valence-electron chi connectivity index (χ0n) is 28.4. The topological polar surface area (TPSA) is 96.2 Å². The van der Waals surface area contributed by atoms with Crippen LogP contribution < -0.4 is 19.6 Å². The SMILES string of the molecule is CCOC(=O)C1=C(c2ccccc2)N=c2s/c(=C\c3ccccc3OCc3ccc(C(=O)OCC)cc3)c(=O)n2[C@H]1c1ccc(C(C)C)cc1. The molecule has 0 saturated carbocycles. The number of esters is 2. The average Bonchev–Trinajstić information content (AvgIpc) is 3.45. The smallest absolute Gasteiger partial charge is 0.338 e. The van der Waals surface area contributed by atoms with Crippen LogP contribution in [-0.4, -0.2) is 29.7 Å². The van der Waals surface area contributed by atoms with Crippen LogP contribution in [0.4, 0.5) is 0 Å². The van der Waals surface area contributed by atoms with E-state index in [9.17, 15) is 14.4 Å². The lowest BCUT2D eigenvalue weighted by molar-refractivity contribution is -0.138. The highest BCUT2D eigenvalue weighted by Crippen LogP contribution is 2.35. The lowest BCUT2D eigenvalue weighted by Crippen LogP contribution is -2.40. The summed E-state index contributed by atoms with van der Waals surface area (Å²) in [5.74, 6) is 0.0197. The minimum absolute atomic E-state index is 0.181. The van der Waals surface area contributed by atoms with Gasteiger partial charge in [-0.2, -0.15) is 0 Å². The molecule has 5 aromatic rings. The molecule has 0 bridgehead atoms. The number of para-hydroxylation sites is 1. The molecule has 1 aliphatic heterocycles. The Hall–Kier alpha value is -5.54. The highest BCUT2D eigenvalue weighted by Gasteiger charge is 2.35. The van der Waals surface area contributed by atoms with E-state index in [0.717, 1.165) is 22.3 Å². The largest absolute Gasteiger partial charge is 0.488 e. The van der Waals surface area contributed by atoms with E-state index < -0.39 is 12.0 Å². The first-order valence-corrected chi connectivity index (χ1v) is 17.5. The van der Waals surface area contributed by atoms with Gasteiger partial charge >= 0.3 is 11.9 Å². The molecule has 1 aromatic heterocycles. The summed E-state index contributed by atoms with van der Waals surface area (Å²) in [6.45, 7) is 8.53. The summed E-state index contributed by atoms with van der Waals surface area (Å²) in [4.78, 5) is 45.7. The molecule has 0 unspecified atom stereocenters. The number of carbonyl (C=O) groups is 2. The fourth-order valence-corrected chi connectivity index (χ4v) is 6.80. The monoisotopic (exact) mass is 686 g/mol. The lowest BCUT2D eigenvalue weighted by atomic mass is 9.91. The Balaban J connectivity index is 1.44. The molecule has 4 aromatic carbocycles. The summed E-state index contributed by atoms with van der Waals surface area (Å²) in [5, 5.41) is 0. The van der Waals surface area contributed by atoms with Gasteiger partial charge in [0.25, 0.3) is 5.56 Å². The molecule has 2 heterocycles. The summed E-state index contributed by atoms with van der Waals surface area (Å²) in [6.07, 6.45) is 1.80. The summed E-state index contributed by atoms with van der Waals surface area (Å²) >= 11 is 1.26. The van der Waals surface area contributed by atoms with Crippen molar-refractivity contribution in [3.8, 4) is 5.75 Å². The van der Waals surface area contributed by atoms with E-state index in [1.807, 2.05) is 91.0 Å². The van der Waals surface area contributed by atoms with Crippen LogP contribution in [0.3, 0.4) is 0 Å². The quantitative estimate of drug-likeness (QED) is 0.142. The van der Waals surface area contributed by atoms with Crippen molar-refractivity contribution in [3.63, 3.8) is 0 Å². The molecule has 6 rings (SSSR count). The van der Waals surface area contributed by atoms with Crippen LogP contribution in [0, 0.1) is 0 Å². The van der Waals surface area contributed by atoms with Gasteiger partial charge in [0.2, 0.25) is 0 Å². The Bertz CT molecular complexity index is 2220. The van der Waals surface area contributed by atoms with E-state index in [-0.39, 0.29) is 24.7 Å². The zero-order chi connectivity index (χ0) is 35.2. The van der Waals surface area contributed by atoms with Crippen molar-refractivity contribution in [1.82, 2.24) is 4.57 Å². The second kappa shape index (κ2) is 15.3. The van der Waals surface area contributed by atoms with Crippen molar-refractivity contribution in [2.75, 3.05) is 13.2 Å². The lowest BCUT2D eigenvalue weighted by Gasteiger charge is -2.26. The number of hydrogen-bond donors (Lipinski definition) is 0. The van der Waals surface area contributed by atoms with Crippen LogP contribution in [0.25, 0.3) is 11.8 Å². The first kappa shape index (κ1) is 34.3. The van der Waals surface area contributed by atoms with Crippen LogP contribution in [0.2, 0.25) is 0 Å². The molecule has 0 radical (unpaired) electrons. The van der Waals surface area contributed by atoms with Gasteiger partial charge in [-0.05, 0) is 60.7 Å². The highest BCUT2D eigenvalue weighted by atomic mass is 32.1. The Labute approximate surface area is 294 Å². The van der Waals surface area contributed by atoms with Gasteiger partial charge in [0.05, 0.1) is 40.6 Å². The maximum atomic E-state index is 14.4. The Morgan fingerprint density at radius 1 is 0.840 bits per heavy atom. The van der Waals surface area contributed by atoms with Crippen molar-refractivity contribution in [2.24, 2.45) is 4.99 Å². The molecule has 0 saturated heterocycles. The second-order valence-electron chi connectivity index (χ2n) is 12.0. The molecule has 0 amide bonds. The van der Waals surface area contributed by atoms with Crippen molar-refractivity contribution in [2.45, 2.75) is 46.3 Å². The predicted octanol–water partition coefficient (Wildman–Crippen LogP) is 6.81. The highest BCUT2D eigenvalue weighted by molar-refractivity contribution is 7.07. The second-order valence-corrected chi connectivity index (χ2v) is 13.0. The Morgan fingerprint density at radius 2 is 1.50 bits per heavy atom. The van der Waals surface area contributed by atoms with E-state index in [1.54, 1.807) is 36.6 Å². The maximum Gasteiger partial charge on any atom is 0.338 e. The third-order valence-electron chi connectivity index (χ3n) is 8.36. The third kappa shape index (κ3) is 7.23. The van der Waals surface area contributed by atoms with E-state index in [2.05, 4.69) is 13.8 Å². The fraction of sp³-hybridized carbons (Fsp3) is 0.220. The van der Waals surface area contributed by atoms with Crippen LogP contribution in [0.1, 0.15) is 77.8 Å². The molecule has 9 heteroatoms. The van der Waals surface area contributed by atoms with Crippen molar-refractivity contribution in [3.05, 3.63) is 162 Å². The first-order valence-electron chi connectivity index (χ1n) is 16.6. The number of rotatable bonds is 11. The van der Waals surface area contributed by atoms with Gasteiger partial charge in [-0.25, -0.2) is 14.6 Å². The molecule has 0 aliphatic carbocycles. The van der Waals surface area contributed by atoms with Crippen LogP contribution >= 0.6 is 11.3 Å². The average molecular weight is 687 g/mol. The number of benzene rings is 4.